The Balaban J connectivity index is 1.36. The van der Waals surface area contributed by atoms with Crippen molar-refractivity contribution < 1.29 is 60.2 Å². The van der Waals surface area contributed by atoms with E-state index in [2.05, 4.69) is 0 Å². The monoisotopic (exact) mass is 855 g/mol. The maximum atomic E-state index is 14.1. The average molecular weight is 855 g/mol. The van der Waals surface area contributed by atoms with Gasteiger partial charge in [0.05, 0.1) is 52.0 Å². The van der Waals surface area contributed by atoms with Gasteiger partial charge < -0.3 is 24.3 Å². The number of carbonyl (C=O) groups is 2. The lowest BCUT2D eigenvalue weighted by molar-refractivity contribution is -0.143. The predicted octanol–water partition coefficient (Wildman–Crippen LogP) is 8.01. The fourth-order valence-corrected chi connectivity index (χ4v) is 8.29. The summed E-state index contributed by atoms with van der Waals surface area (Å²) in [6.07, 6.45) is -8.72. The predicted molar refractivity (Wildman–Crippen MR) is 192 cm³/mol. The molecule has 53 heavy (non-hydrogen) atoms. The number of alkyl halides is 6. The van der Waals surface area contributed by atoms with Gasteiger partial charge in [-0.1, -0.05) is 36.4 Å². The maximum Gasteiger partial charge on any atom is 0.455 e. The Morgan fingerprint density at radius 1 is 0.981 bits per heavy atom. The molecule has 8 nitrogen and oxygen atoms in total. The molecule has 4 atom stereocenters. The smallest absolute Gasteiger partial charge is 0.455 e. The molecule has 1 aliphatic carbocycles. The minimum Gasteiger partial charge on any atom is -0.504 e. The normalized spacial score (nSPS) is 22.3. The summed E-state index contributed by atoms with van der Waals surface area (Å²) in [6.45, 7) is 0.0153. The SMILES string of the molecule is COCC1=C2[C@@H](CC/C(=C/c3cc(I)c(O)c(OC)c3)c3ccccc3)OB(O)C[C@@H]2[C@@H]2C(=O)N(c3cc(C(F)(F)F)cc(C(F)(F)F)c3)C(=O)[C@@H]2C1. The Morgan fingerprint density at radius 3 is 2.25 bits per heavy atom. The second kappa shape index (κ2) is 15.1. The first-order chi connectivity index (χ1) is 25.0. The number of benzene rings is 3. The van der Waals surface area contributed by atoms with E-state index in [1.165, 1.54) is 14.2 Å². The second-order valence-electron chi connectivity index (χ2n) is 13.2. The number of carbonyl (C=O) groups excluding carboxylic acids is 2. The first-order valence-electron chi connectivity index (χ1n) is 16.6. The summed E-state index contributed by atoms with van der Waals surface area (Å²) in [5.41, 5.74) is -0.417. The quantitative estimate of drug-likeness (QED) is 0.0562. The van der Waals surface area contributed by atoms with Crippen molar-refractivity contribution in [3.05, 3.63) is 97.6 Å². The van der Waals surface area contributed by atoms with Crippen LogP contribution in [0.2, 0.25) is 6.32 Å². The summed E-state index contributed by atoms with van der Waals surface area (Å²) < 4.78 is 99.9. The third kappa shape index (κ3) is 7.86. The van der Waals surface area contributed by atoms with Crippen LogP contribution in [0.4, 0.5) is 32.0 Å². The van der Waals surface area contributed by atoms with Crippen molar-refractivity contribution in [2.45, 2.75) is 44.0 Å². The van der Waals surface area contributed by atoms with Gasteiger partial charge in [0.2, 0.25) is 11.8 Å². The summed E-state index contributed by atoms with van der Waals surface area (Å²) >= 11 is 2.00. The molecule has 2 heterocycles. The largest absolute Gasteiger partial charge is 0.504 e. The molecule has 2 saturated heterocycles. The Hall–Kier alpha value is -3.87. The second-order valence-corrected chi connectivity index (χ2v) is 14.3. The van der Waals surface area contributed by atoms with Crippen LogP contribution in [0.25, 0.3) is 11.6 Å². The van der Waals surface area contributed by atoms with Gasteiger partial charge >= 0.3 is 19.5 Å². The van der Waals surface area contributed by atoms with Crippen LogP contribution in [-0.4, -0.2) is 56.0 Å². The number of anilines is 1. The lowest BCUT2D eigenvalue weighted by Crippen LogP contribution is -2.46. The molecule has 2 aliphatic heterocycles. The van der Waals surface area contributed by atoms with E-state index in [-0.39, 0.29) is 43.3 Å². The molecule has 280 valence electrons. The van der Waals surface area contributed by atoms with E-state index >= 15 is 0 Å². The van der Waals surface area contributed by atoms with Crippen LogP contribution >= 0.6 is 22.6 Å². The number of nitrogens with zero attached hydrogens (tertiary/aromatic N) is 1. The molecule has 6 rings (SSSR count). The van der Waals surface area contributed by atoms with Crippen molar-refractivity contribution >= 4 is 58.9 Å². The molecule has 2 fully saturated rings. The van der Waals surface area contributed by atoms with Crippen molar-refractivity contribution in [1.29, 1.82) is 0 Å². The number of ether oxygens (including phenoxy) is 2. The number of fused-ring (bicyclic) bond motifs is 3. The van der Waals surface area contributed by atoms with Crippen LogP contribution in [0.5, 0.6) is 11.5 Å². The van der Waals surface area contributed by atoms with Crippen LogP contribution in [-0.2, 0) is 31.3 Å². The average Bonchev–Trinajstić information content (AvgIpc) is 3.35. The number of amides is 2. The highest BCUT2D eigenvalue weighted by molar-refractivity contribution is 14.1. The number of phenols is 1. The molecule has 0 spiro atoms. The summed E-state index contributed by atoms with van der Waals surface area (Å²) in [5.74, 6) is -4.67. The zero-order chi connectivity index (χ0) is 38.4. The van der Waals surface area contributed by atoms with E-state index in [9.17, 15) is 46.1 Å². The number of hydrogen-bond donors (Lipinski definition) is 2. The highest BCUT2D eigenvalue weighted by atomic mass is 127. The van der Waals surface area contributed by atoms with E-state index in [1.807, 2.05) is 59.0 Å². The van der Waals surface area contributed by atoms with Gasteiger partial charge in [0.1, 0.15) is 0 Å². The van der Waals surface area contributed by atoms with Crippen LogP contribution in [0.3, 0.4) is 0 Å². The zero-order valence-corrected chi connectivity index (χ0v) is 30.5. The van der Waals surface area contributed by atoms with Gasteiger partial charge in [0.15, 0.2) is 11.5 Å². The minimum atomic E-state index is -5.19. The van der Waals surface area contributed by atoms with E-state index in [0.717, 1.165) is 16.7 Å². The van der Waals surface area contributed by atoms with Crippen molar-refractivity contribution in [3.8, 4) is 11.5 Å². The Morgan fingerprint density at radius 2 is 1.64 bits per heavy atom. The topological polar surface area (TPSA) is 106 Å². The fraction of sp³-hybridized carbons (Fsp3) is 0.351. The highest BCUT2D eigenvalue weighted by Crippen LogP contribution is 2.52. The number of aromatic hydroxyl groups is 1. The standard InChI is InChI=1S/C37H33BF6INO7/c1-51-18-22-13-26-32(35(49)46(34(26)48)25-15-23(36(39,40)41)14-24(16-25)37(42,43)44)27-17-38(50)53-29(31(22)27)9-8-21(20-6-4-3-5-7-20)10-19-11-28(45)33(47)30(12-19)52-2/h3-7,10-12,14-16,26-27,29,32,47,50H,8-9,13,17-18H2,1-2H3/b21-10-/t26-,27+,29-,32-/m1/s1. The van der Waals surface area contributed by atoms with E-state index < -0.39 is 72.0 Å². The molecule has 3 aliphatic rings. The third-order valence-corrected chi connectivity index (χ3v) is 10.7. The first-order valence-corrected chi connectivity index (χ1v) is 17.6. The van der Waals surface area contributed by atoms with Crippen LogP contribution in [0.15, 0.2) is 71.8 Å². The van der Waals surface area contributed by atoms with Crippen LogP contribution < -0.4 is 9.64 Å². The lowest BCUT2D eigenvalue weighted by Gasteiger charge is -2.43. The molecule has 0 saturated carbocycles. The summed E-state index contributed by atoms with van der Waals surface area (Å²) in [7, 11) is 1.49. The van der Waals surface area contributed by atoms with Gasteiger partial charge in [-0.15, -0.1) is 0 Å². The lowest BCUT2D eigenvalue weighted by atomic mass is 9.58. The van der Waals surface area contributed by atoms with Crippen molar-refractivity contribution in [2.75, 3.05) is 25.7 Å². The highest BCUT2D eigenvalue weighted by Gasteiger charge is 2.58. The Labute approximate surface area is 314 Å². The van der Waals surface area contributed by atoms with Gasteiger partial charge in [0.25, 0.3) is 0 Å². The molecule has 3 aromatic carbocycles. The number of rotatable bonds is 9. The Bertz CT molecular complexity index is 1940. The minimum absolute atomic E-state index is 0.00251. The van der Waals surface area contributed by atoms with Crippen molar-refractivity contribution in [3.63, 3.8) is 0 Å². The van der Waals surface area contributed by atoms with E-state index in [1.54, 1.807) is 12.1 Å². The molecule has 0 unspecified atom stereocenters. The number of methoxy groups -OCH3 is 2. The van der Waals surface area contributed by atoms with Crippen LogP contribution in [0.1, 0.15) is 41.5 Å². The van der Waals surface area contributed by atoms with E-state index in [4.69, 9.17) is 14.1 Å². The summed E-state index contributed by atoms with van der Waals surface area (Å²) in [6, 6.07) is 13.6. The first kappa shape index (κ1) is 38.8. The summed E-state index contributed by atoms with van der Waals surface area (Å²) in [5, 5.41) is 21.4. The Kier molecular flexibility index (Phi) is 11.1. The number of halogens is 7. The fourth-order valence-electron chi connectivity index (χ4n) is 7.67. The summed E-state index contributed by atoms with van der Waals surface area (Å²) in [4.78, 5) is 28.4. The number of imide groups is 1. The van der Waals surface area contributed by atoms with Crippen molar-refractivity contribution in [1.82, 2.24) is 0 Å². The van der Waals surface area contributed by atoms with Gasteiger partial charge in [0, 0.05) is 7.11 Å². The molecule has 0 bridgehead atoms. The molecule has 0 aromatic heterocycles. The maximum absolute atomic E-state index is 14.1. The number of allylic oxidation sites excluding steroid dienone is 1. The van der Waals surface area contributed by atoms with Gasteiger partial charge in [-0.25, -0.2) is 4.90 Å². The van der Waals surface area contributed by atoms with Crippen LogP contribution in [0, 0.1) is 21.3 Å². The molecule has 16 heteroatoms. The molecule has 2 amide bonds. The molecular weight excluding hydrogens is 822 g/mol. The zero-order valence-electron chi connectivity index (χ0n) is 28.3. The third-order valence-electron chi connectivity index (χ3n) is 9.89. The molecular formula is C37H33BF6INO7. The molecule has 0 radical (unpaired) electrons. The molecule has 2 N–H and O–H groups in total. The van der Waals surface area contributed by atoms with E-state index in [0.29, 0.717) is 38.2 Å². The van der Waals surface area contributed by atoms with Crippen molar-refractivity contribution in [2.24, 2.45) is 17.8 Å². The van der Waals surface area contributed by atoms with Gasteiger partial charge in [-0.05, 0) is 112 Å². The number of hydrogen-bond acceptors (Lipinski definition) is 7. The van der Waals surface area contributed by atoms with Gasteiger partial charge in [-0.2, -0.15) is 26.3 Å². The van der Waals surface area contributed by atoms with Gasteiger partial charge in [-0.3, -0.25) is 9.59 Å². The molecule has 3 aromatic rings. The number of phenolic OH excluding ortho intramolecular Hbond substituents is 1.